The maximum atomic E-state index is 11.6. The van der Waals surface area contributed by atoms with Crippen LogP contribution in [0.3, 0.4) is 0 Å². The van der Waals surface area contributed by atoms with Crippen LogP contribution in [-0.4, -0.2) is 15.7 Å². The molecule has 1 heterocycles. The van der Waals surface area contributed by atoms with Gasteiger partial charge in [0.15, 0.2) is 0 Å². The lowest BCUT2D eigenvalue weighted by Gasteiger charge is -2.04. The minimum absolute atomic E-state index is 0.0115. The first-order valence-corrected chi connectivity index (χ1v) is 4.86. The Hall–Kier alpha value is -1.83. The summed E-state index contributed by atoms with van der Waals surface area (Å²) in [5.41, 5.74) is 0.402. The van der Waals surface area contributed by atoms with Crippen LogP contribution in [0.4, 0.5) is 5.82 Å². The van der Waals surface area contributed by atoms with Crippen LogP contribution < -0.4 is 5.32 Å². The van der Waals surface area contributed by atoms with Gasteiger partial charge in [-0.25, -0.2) is 0 Å². The number of hydrogen-bond acceptors (Lipinski definition) is 3. The zero-order chi connectivity index (χ0) is 11.0. The fourth-order valence-electron chi connectivity index (χ4n) is 1.56. The number of rotatable bonds is 2. The summed E-state index contributed by atoms with van der Waals surface area (Å²) in [5.74, 6) is 1.04. The Bertz CT molecular complexity index is 443. The predicted octanol–water partition coefficient (Wildman–Crippen LogP) is 0.886. The standard InChI is InChI=1S/C10H12N4O/c1-6-3-8(6)10(15)13-9-7(4-11)5-12-14(9)2/h5-6,8H,3H2,1-2H3,(H,13,15). The molecule has 0 spiro atoms. The summed E-state index contributed by atoms with van der Waals surface area (Å²) in [4.78, 5) is 11.6. The molecule has 1 fully saturated rings. The van der Waals surface area contributed by atoms with Gasteiger partial charge >= 0.3 is 0 Å². The molecule has 1 aliphatic carbocycles. The summed E-state index contributed by atoms with van der Waals surface area (Å²) in [5, 5.41) is 15.5. The largest absolute Gasteiger partial charge is 0.310 e. The zero-order valence-corrected chi connectivity index (χ0v) is 8.69. The number of nitriles is 1. The molecular weight excluding hydrogens is 192 g/mol. The van der Waals surface area contributed by atoms with E-state index in [1.165, 1.54) is 10.9 Å². The third-order valence-electron chi connectivity index (χ3n) is 2.75. The van der Waals surface area contributed by atoms with Crippen molar-refractivity contribution in [2.75, 3.05) is 5.32 Å². The summed E-state index contributed by atoms with van der Waals surface area (Å²) in [6.45, 7) is 2.04. The monoisotopic (exact) mass is 204 g/mol. The molecule has 0 aliphatic heterocycles. The van der Waals surface area contributed by atoms with Crippen molar-refractivity contribution in [2.24, 2.45) is 18.9 Å². The molecule has 1 aliphatic rings. The minimum atomic E-state index is -0.0115. The van der Waals surface area contributed by atoms with Crippen molar-refractivity contribution in [1.82, 2.24) is 9.78 Å². The van der Waals surface area contributed by atoms with Crippen LogP contribution in [-0.2, 0) is 11.8 Å². The first kappa shape index (κ1) is 9.71. The molecule has 1 aromatic heterocycles. The number of aryl methyl sites for hydroxylation is 1. The van der Waals surface area contributed by atoms with E-state index >= 15 is 0 Å². The van der Waals surface area contributed by atoms with Crippen LogP contribution in [0.5, 0.6) is 0 Å². The molecule has 1 amide bonds. The number of carbonyl (C=O) groups excluding carboxylic acids is 1. The van der Waals surface area contributed by atoms with E-state index in [2.05, 4.69) is 10.4 Å². The summed E-state index contributed by atoms with van der Waals surface area (Å²) in [7, 11) is 1.70. The molecule has 1 saturated carbocycles. The molecule has 1 N–H and O–H groups in total. The van der Waals surface area contributed by atoms with Gasteiger partial charge in [0.2, 0.25) is 5.91 Å². The molecule has 0 aromatic carbocycles. The lowest BCUT2D eigenvalue weighted by molar-refractivity contribution is -0.117. The number of nitrogens with zero attached hydrogens (tertiary/aromatic N) is 3. The molecule has 2 unspecified atom stereocenters. The Balaban J connectivity index is 2.13. The van der Waals surface area contributed by atoms with Crippen molar-refractivity contribution < 1.29 is 4.79 Å². The second kappa shape index (κ2) is 3.39. The van der Waals surface area contributed by atoms with Gasteiger partial charge in [-0.3, -0.25) is 9.48 Å². The third-order valence-corrected chi connectivity index (χ3v) is 2.75. The number of amides is 1. The van der Waals surface area contributed by atoms with Gasteiger partial charge in [-0.05, 0) is 12.3 Å². The molecule has 78 valence electrons. The average Bonchev–Trinajstić information content (AvgIpc) is 2.84. The molecule has 2 atom stereocenters. The predicted molar refractivity (Wildman–Crippen MR) is 53.8 cm³/mol. The topological polar surface area (TPSA) is 70.7 Å². The molecule has 2 rings (SSSR count). The van der Waals surface area contributed by atoms with Gasteiger partial charge in [0.25, 0.3) is 0 Å². The van der Waals surface area contributed by atoms with Crippen LogP contribution in [0.25, 0.3) is 0 Å². The van der Waals surface area contributed by atoms with Crippen LogP contribution in [0.15, 0.2) is 6.20 Å². The van der Waals surface area contributed by atoms with Crippen molar-refractivity contribution in [2.45, 2.75) is 13.3 Å². The second-order valence-electron chi connectivity index (χ2n) is 3.95. The fourth-order valence-corrected chi connectivity index (χ4v) is 1.56. The molecule has 5 heteroatoms. The van der Waals surface area contributed by atoms with Gasteiger partial charge < -0.3 is 5.32 Å². The van der Waals surface area contributed by atoms with Crippen LogP contribution in [0.1, 0.15) is 18.9 Å². The van der Waals surface area contributed by atoms with E-state index in [0.29, 0.717) is 17.3 Å². The normalized spacial score (nSPS) is 23.3. The van der Waals surface area contributed by atoms with E-state index in [1.807, 2.05) is 13.0 Å². The highest BCUT2D eigenvalue weighted by molar-refractivity contribution is 5.94. The molecule has 0 saturated heterocycles. The van der Waals surface area contributed by atoms with Gasteiger partial charge in [-0.2, -0.15) is 10.4 Å². The fraction of sp³-hybridized carbons (Fsp3) is 0.500. The highest BCUT2D eigenvalue weighted by Crippen LogP contribution is 2.38. The van der Waals surface area contributed by atoms with Gasteiger partial charge in [0.05, 0.1) is 6.20 Å². The Morgan fingerprint density at radius 2 is 2.47 bits per heavy atom. The lowest BCUT2D eigenvalue weighted by atomic mass is 10.3. The molecule has 0 bridgehead atoms. The van der Waals surface area contributed by atoms with Crippen molar-refractivity contribution in [3.05, 3.63) is 11.8 Å². The zero-order valence-electron chi connectivity index (χ0n) is 8.69. The number of anilines is 1. The maximum Gasteiger partial charge on any atom is 0.228 e. The molecule has 5 nitrogen and oxygen atoms in total. The van der Waals surface area contributed by atoms with Crippen LogP contribution >= 0.6 is 0 Å². The van der Waals surface area contributed by atoms with E-state index < -0.39 is 0 Å². The van der Waals surface area contributed by atoms with Crippen molar-refractivity contribution in [3.63, 3.8) is 0 Å². The quantitative estimate of drug-likeness (QED) is 0.777. The van der Waals surface area contributed by atoms with Gasteiger partial charge in [-0.1, -0.05) is 6.92 Å². The maximum absolute atomic E-state index is 11.6. The molecule has 1 aromatic rings. The highest BCUT2D eigenvalue weighted by atomic mass is 16.2. The van der Waals surface area contributed by atoms with E-state index in [4.69, 9.17) is 5.26 Å². The first-order chi connectivity index (χ1) is 7.13. The lowest BCUT2D eigenvalue weighted by Crippen LogP contribution is -2.17. The van der Waals surface area contributed by atoms with Crippen molar-refractivity contribution in [3.8, 4) is 6.07 Å². The van der Waals surface area contributed by atoms with Gasteiger partial charge in [0.1, 0.15) is 17.5 Å². The average molecular weight is 204 g/mol. The van der Waals surface area contributed by atoms with E-state index in [-0.39, 0.29) is 11.8 Å². The molecular formula is C10H12N4O. The van der Waals surface area contributed by atoms with Crippen LogP contribution in [0, 0.1) is 23.2 Å². The third kappa shape index (κ3) is 1.71. The summed E-state index contributed by atoms with van der Waals surface area (Å²) in [6, 6.07) is 1.99. The number of nitrogens with one attached hydrogen (secondary N) is 1. The Morgan fingerprint density at radius 3 is 3.00 bits per heavy atom. The second-order valence-corrected chi connectivity index (χ2v) is 3.95. The van der Waals surface area contributed by atoms with E-state index in [0.717, 1.165) is 6.42 Å². The van der Waals surface area contributed by atoms with Crippen LogP contribution in [0.2, 0.25) is 0 Å². The summed E-state index contributed by atoms with van der Waals surface area (Å²) in [6.07, 6.45) is 2.39. The number of aromatic nitrogens is 2. The SMILES string of the molecule is CC1CC1C(=O)Nc1c(C#N)cnn1C. The first-order valence-electron chi connectivity index (χ1n) is 4.86. The molecule has 15 heavy (non-hydrogen) atoms. The Kier molecular flexibility index (Phi) is 2.19. The minimum Gasteiger partial charge on any atom is -0.310 e. The Morgan fingerprint density at radius 1 is 1.80 bits per heavy atom. The van der Waals surface area contributed by atoms with Gasteiger partial charge in [-0.15, -0.1) is 0 Å². The highest BCUT2D eigenvalue weighted by Gasteiger charge is 2.39. The van der Waals surface area contributed by atoms with E-state index in [9.17, 15) is 4.79 Å². The number of carbonyl (C=O) groups is 1. The van der Waals surface area contributed by atoms with Gasteiger partial charge in [0, 0.05) is 13.0 Å². The van der Waals surface area contributed by atoms with Crippen molar-refractivity contribution >= 4 is 11.7 Å². The Labute approximate surface area is 87.7 Å². The smallest absolute Gasteiger partial charge is 0.228 e. The van der Waals surface area contributed by atoms with Crippen molar-refractivity contribution in [1.29, 1.82) is 5.26 Å². The summed E-state index contributed by atoms with van der Waals surface area (Å²) >= 11 is 0. The molecule has 0 radical (unpaired) electrons. The number of hydrogen-bond donors (Lipinski definition) is 1. The summed E-state index contributed by atoms with van der Waals surface area (Å²) < 4.78 is 1.50. The van der Waals surface area contributed by atoms with E-state index in [1.54, 1.807) is 7.05 Å².